The topological polar surface area (TPSA) is 49.4 Å². The summed E-state index contributed by atoms with van der Waals surface area (Å²) < 4.78 is 27.3. The zero-order valence-corrected chi connectivity index (χ0v) is 14.1. The third-order valence-corrected chi connectivity index (χ3v) is 5.31. The standard InChI is InChI=1S/C18H22N2O2S/c1-15-5-4-6-16(13-15)14-23(21,22)19-17-7-9-18(10-8-17)20-11-2-3-12-20/h4-10,13,19H,2-3,11-12,14H2,1H3. The molecule has 0 radical (unpaired) electrons. The Balaban J connectivity index is 1.67. The number of hydrogen-bond donors (Lipinski definition) is 1. The van der Waals surface area contributed by atoms with Gasteiger partial charge in [-0.1, -0.05) is 29.8 Å². The Morgan fingerprint density at radius 1 is 1.04 bits per heavy atom. The maximum absolute atomic E-state index is 12.3. The van der Waals surface area contributed by atoms with E-state index in [4.69, 9.17) is 0 Å². The molecule has 5 heteroatoms. The quantitative estimate of drug-likeness (QED) is 0.912. The van der Waals surface area contributed by atoms with Crippen LogP contribution in [0, 0.1) is 6.92 Å². The Bertz CT molecular complexity index is 764. The summed E-state index contributed by atoms with van der Waals surface area (Å²) in [5.41, 5.74) is 3.63. The highest BCUT2D eigenvalue weighted by Gasteiger charge is 2.14. The number of rotatable bonds is 5. The van der Waals surface area contributed by atoms with Gasteiger partial charge in [0.05, 0.1) is 5.75 Å². The predicted molar refractivity (Wildman–Crippen MR) is 95.3 cm³/mol. The van der Waals surface area contributed by atoms with Crippen LogP contribution < -0.4 is 9.62 Å². The molecular weight excluding hydrogens is 308 g/mol. The zero-order valence-electron chi connectivity index (χ0n) is 13.3. The monoisotopic (exact) mass is 330 g/mol. The Kier molecular flexibility index (Phi) is 4.57. The van der Waals surface area contributed by atoms with Crippen molar-refractivity contribution in [3.8, 4) is 0 Å². The van der Waals surface area contributed by atoms with E-state index in [1.165, 1.54) is 12.8 Å². The van der Waals surface area contributed by atoms with E-state index in [9.17, 15) is 8.42 Å². The Morgan fingerprint density at radius 2 is 1.74 bits per heavy atom. The maximum atomic E-state index is 12.3. The summed E-state index contributed by atoms with van der Waals surface area (Å²) in [5, 5.41) is 0. The first-order valence-corrected chi connectivity index (χ1v) is 9.58. The van der Waals surface area contributed by atoms with Crippen LogP contribution in [0.3, 0.4) is 0 Å². The van der Waals surface area contributed by atoms with Crippen molar-refractivity contribution in [2.75, 3.05) is 22.7 Å². The van der Waals surface area contributed by atoms with Crippen LogP contribution in [0.2, 0.25) is 0 Å². The van der Waals surface area contributed by atoms with Crippen LogP contribution in [-0.2, 0) is 15.8 Å². The molecule has 0 aliphatic carbocycles. The van der Waals surface area contributed by atoms with Gasteiger partial charge in [0.25, 0.3) is 0 Å². The highest BCUT2D eigenvalue weighted by molar-refractivity contribution is 7.91. The first-order chi connectivity index (χ1) is 11.0. The van der Waals surface area contributed by atoms with Gasteiger partial charge in [-0.25, -0.2) is 8.42 Å². The van der Waals surface area contributed by atoms with Crippen molar-refractivity contribution < 1.29 is 8.42 Å². The Labute approximate surface area is 138 Å². The van der Waals surface area contributed by atoms with Crippen molar-refractivity contribution in [3.63, 3.8) is 0 Å². The second kappa shape index (κ2) is 6.62. The number of sulfonamides is 1. The van der Waals surface area contributed by atoms with Crippen molar-refractivity contribution in [2.24, 2.45) is 0 Å². The molecule has 1 heterocycles. The minimum absolute atomic E-state index is 0.0114. The molecule has 3 rings (SSSR count). The second-order valence-electron chi connectivity index (χ2n) is 6.09. The van der Waals surface area contributed by atoms with Crippen LogP contribution in [0.5, 0.6) is 0 Å². The van der Waals surface area contributed by atoms with Gasteiger partial charge in [0.15, 0.2) is 0 Å². The van der Waals surface area contributed by atoms with Gasteiger partial charge in [-0.3, -0.25) is 4.72 Å². The molecule has 2 aromatic carbocycles. The van der Waals surface area contributed by atoms with Gasteiger partial charge in [0, 0.05) is 24.5 Å². The van der Waals surface area contributed by atoms with Crippen molar-refractivity contribution in [1.29, 1.82) is 0 Å². The molecule has 0 unspecified atom stereocenters. The summed E-state index contributed by atoms with van der Waals surface area (Å²) >= 11 is 0. The third kappa shape index (κ3) is 4.26. The van der Waals surface area contributed by atoms with Crippen molar-refractivity contribution in [1.82, 2.24) is 0 Å². The van der Waals surface area contributed by atoms with Crippen molar-refractivity contribution in [2.45, 2.75) is 25.5 Å². The molecule has 0 spiro atoms. The van der Waals surface area contributed by atoms with Crippen LogP contribution in [0.1, 0.15) is 24.0 Å². The molecule has 1 aliphatic heterocycles. The molecule has 0 atom stereocenters. The lowest BCUT2D eigenvalue weighted by Gasteiger charge is -2.18. The normalized spacial score (nSPS) is 14.9. The summed E-state index contributed by atoms with van der Waals surface area (Å²) in [7, 11) is -3.40. The first-order valence-electron chi connectivity index (χ1n) is 7.93. The van der Waals surface area contributed by atoms with Gasteiger partial charge >= 0.3 is 0 Å². The van der Waals surface area contributed by atoms with Gasteiger partial charge in [-0.05, 0) is 49.6 Å². The van der Waals surface area contributed by atoms with Crippen LogP contribution >= 0.6 is 0 Å². The smallest absolute Gasteiger partial charge is 0.236 e. The molecular formula is C18H22N2O2S. The van der Waals surface area contributed by atoms with Crippen molar-refractivity contribution >= 4 is 21.4 Å². The second-order valence-corrected chi connectivity index (χ2v) is 7.81. The summed E-state index contributed by atoms with van der Waals surface area (Å²) in [6.07, 6.45) is 2.45. The van der Waals surface area contributed by atoms with E-state index in [1.807, 2.05) is 55.5 Å². The number of aryl methyl sites for hydroxylation is 1. The fourth-order valence-electron chi connectivity index (χ4n) is 2.95. The number of anilines is 2. The SMILES string of the molecule is Cc1cccc(CS(=O)(=O)Nc2ccc(N3CCCC3)cc2)c1. The molecule has 1 fully saturated rings. The van der Waals surface area contributed by atoms with E-state index in [0.717, 1.165) is 29.9 Å². The lowest BCUT2D eigenvalue weighted by Crippen LogP contribution is -2.18. The summed E-state index contributed by atoms with van der Waals surface area (Å²) in [6, 6.07) is 15.2. The van der Waals surface area contributed by atoms with Crippen LogP contribution in [-0.4, -0.2) is 21.5 Å². The van der Waals surface area contributed by atoms with E-state index in [1.54, 1.807) is 0 Å². The maximum Gasteiger partial charge on any atom is 0.236 e. The number of nitrogens with one attached hydrogen (secondary N) is 1. The summed E-state index contributed by atoms with van der Waals surface area (Å²) in [4.78, 5) is 2.32. The van der Waals surface area contributed by atoms with E-state index in [2.05, 4.69) is 9.62 Å². The zero-order chi connectivity index (χ0) is 16.3. The molecule has 1 saturated heterocycles. The minimum atomic E-state index is -3.40. The van der Waals surface area contributed by atoms with Crippen LogP contribution in [0.15, 0.2) is 48.5 Å². The fraction of sp³-hybridized carbons (Fsp3) is 0.333. The van der Waals surface area contributed by atoms with Crippen LogP contribution in [0.25, 0.3) is 0 Å². The fourth-order valence-corrected chi connectivity index (χ4v) is 4.14. The largest absolute Gasteiger partial charge is 0.372 e. The third-order valence-electron chi connectivity index (χ3n) is 4.05. The van der Waals surface area contributed by atoms with Gasteiger partial charge in [0.1, 0.15) is 0 Å². The van der Waals surface area contributed by atoms with Crippen LogP contribution in [0.4, 0.5) is 11.4 Å². The lowest BCUT2D eigenvalue weighted by molar-refractivity contribution is 0.600. The Hall–Kier alpha value is -2.01. The molecule has 23 heavy (non-hydrogen) atoms. The Morgan fingerprint density at radius 3 is 2.39 bits per heavy atom. The molecule has 0 bridgehead atoms. The van der Waals surface area contributed by atoms with Gasteiger partial charge in [-0.15, -0.1) is 0 Å². The summed E-state index contributed by atoms with van der Waals surface area (Å²) in [6.45, 7) is 4.12. The molecule has 122 valence electrons. The molecule has 0 aromatic heterocycles. The average molecular weight is 330 g/mol. The number of nitrogens with zero attached hydrogens (tertiary/aromatic N) is 1. The molecule has 2 aromatic rings. The lowest BCUT2D eigenvalue weighted by atomic mass is 10.2. The summed E-state index contributed by atoms with van der Waals surface area (Å²) in [5.74, 6) is -0.0114. The molecule has 0 amide bonds. The molecule has 0 saturated carbocycles. The van der Waals surface area contributed by atoms with E-state index in [-0.39, 0.29) is 5.75 Å². The molecule has 1 N–H and O–H groups in total. The van der Waals surface area contributed by atoms with E-state index in [0.29, 0.717) is 5.69 Å². The average Bonchev–Trinajstić information content (AvgIpc) is 3.01. The van der Waals surface area contributed by atoms with Gasteiger partial charge in [-0.2, -0.15) is 0 Å². The minimum Gasteiger partial charge on any atom is -0.372 e. The number of benzene rings is 2. The molecule has 1 aliphatic rings. The predicted octanol–water partition coefficient (Wildman–Crippen LogP) is 3.54. The highest BCUT2D eigenvalue weighted by Crippen LogP contribution is 2.23. The number of hydrogen-bond acceptors (Lipinski definition) is 3. The first kappa shape index (κ1) is 15.9. The highest BCUT2D eigenvalue weighted by atomic mass is 32.2. The molecule has 4 nitrogen and oxygen atoms in total. The van der Waals surface area contributed by atoms with E-state index < -0.39 is 10.0 Å². The van der Waals surface area contributed by atoms with Gasteiger partial charge in [0.2, 0.25) is 10.0 Å². The van der Waals surface area contributed by atoms with Crippen molar-refractivity contribution in [3.05, 3.63) is 59.7 Å². The van der Waals surface area contributed by atoms with E-state index >= 15 is 0 Å². The van der Waals surface area contributed by atoms with Gasteiger partial charge < -0.3 is 4.90 Å².